The Labute approximate surface area is 191 Å². The van der Waals surface area contributed by atoms with E-state index in [0.717, 1.165) is 44.5 Å². The van der Waals surface area contributed by atoms with Crippen molar-refractivity contribution in [2.45, 2.75) is 63.3 Å². The van der Waals surface area contributed by atoms with Gasteiger partial charge in [0, 0.05) is 30.6 Å². The molecule has 1 amide bonds. The number of fused-ring (bicyclic) bond motifs is 1. The fourth-order valence-corrected chi connectivity index (χ4v) is 4.95. The first-order valence-electron chi connectivity index (χ1n) is 11.6. The van der Waals surface area contributed by atoms with Gasteiger partial charge in [0.05, 0.1) is 23.7 Å². The van der Waals surface area contributed by atoms with Gasteiger partial charge in [-0.1, -0.05) is 6.92 Å². The van der Waals surface area contributed by atoms with E-state index in [9.17, 15) is 18.0 Å². The maximum atomic E-state index is 13.1. The number of hydrogen-bond donors (Lipinski definition) is 3. The zero-order valence-electron chi connectivity index (χ0n) is 18.7. The molecule has 10 heteroatoms. The molecule has 4 rings (SSSR count). The molecule has 0 unspecified atom stereocenters. The largest absolute Gasteiger partial charge is 0.416 e. The first-order chi connectivity index (χ1) is 15.7. The number of carbonyl (C=O) groups is 1. The minimum absolute atomic E-state index is 0.0706. The molecule has 1 aromatic heterocycles. The predicted molar refractivity (Wildman–Crippen MR) is 121 cm³/mol. The Hall–Kier alpha value is -2.46. The summed E-state index contributed by atoms with van der Waals surface area (Å²) in [5.41, 5.74) is 5.79. The number of hydrogen-bond acceptors (Lipinski definition) is 6. The van der Waals surface area contributed by atoms with Gasteiger partial charge in [0.25, 0.3) is 0 Å². The van der Waals surface area contributed by atoms with Crippen LogP contribution in [0.15, 0.2) is 24.5 Å². The highest BCUT2D eigenvalue weighted by Gasteiger charge is 2.36. The topological polar surface area (TPSA) is 96.2 Å². The van der Waals surface area contributed by atoms with Crippen LogP contribution in [0, 0.1) is 5.92 Å². The molecule has 2 fully saturated rings. The highest BCUT2D eigenvalue weighted by molar-refractivity contribution is 5.91. The number of likely N-dealkylation sites (tertiary alicyclic amines) is 1. The molecule has 33 heavy (non-hydrogen) atoms. The monoisotopic (exact) mass is 464 g/mol. The van der Waals surface area contributed by atoms with Crippen LogP contribution in [0.4, 0.5) is 19.0 Å². The predicted octanol–water partition coefficient (Wildman–Crippen LogP) is 3.16. The molecule has 4 N–H and O–H groups in total. The summed E-state index contributed by atoms with van der Waals surface area (Å²) in [7, 11) is 0. The summed E-state index contributed by atoms with van der Waals surface area (Å²) >= 11 is 0. The number of aromatic nitrogens is 2. The normalized spacial score (nSPS) is 23.2. The molecule has 0 radical (unpaired) electrons. The van der Waals surface area contributed by atoms with E-state index in [0.29, 0.717) is 23.5 Å². The van der Waals surface area contributed by atoms with Crippen LogP contribution in [0.5, 0.6) is 0 Å². The lowest BCUT2D eigenvalue weighted by Crippen LogP contribution is -2.63. The maximum absolute atomic E-state index is 13.1. The van der Waals surface area contributed by atoms with Crippen LogP contribution < -0.4 is 16.4 Å². The van der Waals surface area contributed by atoms with Crippen LogP contribution in [-0.4, -0.2) is 58.5 Å². The molecule has 1 atom stereocenters. The van der Waals surface area contributed by atoms with Gasteiger partial charge in [0.1, 0.15) is 12.1 Å². The Balaban J connectivity index is 1.24. The van der Waals surface area contributed by atoms with Crippen LogP contribution in [0.1, 0.15) is 44.6 Å². The number of alkyl halides is 3. The quantitative estimate of drug-likeness (QED) is 0.583. The highest BCUT2D eigenvalue weighted by Crippen LogP contribution is 2.33. The maximum Gasteiger partial charge on any atom is 0.416 e. The molecule has 7 nitrogen and oxygen atoms in total. The van der Waals surface area contributed by atoms with E-state index < -0.39 is 11.7 Å². The van der Waals surface area contributed by atoms with E-state index in [-0.39, 0.29) is 29.7 Å². The third-order valence-corrected chi connectivity index (χ3v) is 6.99. The van der Waals surface area contributed by atoms with E-state index in [1.54, 1.807) is 0 Å². The molecule has 2 aliphatic rings. The number of nitrogens with two attached hydrogens (primary N) is 1. The summed E-state index contributed by atoms with van der Waals surface area (Å²) in [5, 5.41) is 6.08. The smallest absolute Gasteiger partial charge is 0.360 e. The fraction of sp³-hybridized carbons (Fsp3) is 0.609. The zero-order valence-corrected chi connectivity index (χ0v) is 18.7. The van der Waals surface area contributed by atoms with E-state index >= 15 is 0 Å². The molecule has 180 valence electrons. The molecule has 1 aliphatic heterocycles. The van der Waals surface area contributed by atoms with E-state index in [1.165, 1.54) is 25.2 Å². The van der Waals surface area contributed by atoms with Crippen molar-refractivity contribution in [1.29, 1.82) is 0 Å². The van der Waals surface area contributed by atoms with Crippen molar-refractivity contribution in [2.24, 2.45) is 11.7 Å². The summed E-state index contributed by atoms with van der Waals surface area (Å²) in [6.07, 6.45) is 2.47. The number of nitrogens with one attached hydrogen (secondary N) is 2. The van der Waals surface area contributed by atoms with Crippen LogP contribution in [0.2, 0.25) is 0 Å². The number of anilines is 1. The molecule has 1 saturated heterocycles. The van der Waals surface area contributed by atoms with Gasteiger partial charge in [-0.3, -0.25) is 9.69 Å². The molecule has 1 aromatic carbocycles. The van der Waals surface area contributed by atoms with Gasteiger partial charge in [-0.25, -0.2) is 9.97 Å². The Morgan fingerprint density at radius 3 is 2.61 bits per heavy atom. The summed E-state index contributed by atoms with van der Waals surface area (Å²) in [5.74, 6) is 0.619. The van der Waals surface area contributed by atoms with Crippen molar-refractivity contribution < 1.29 is 18.0 Å². The lowest BCUT2D eigenvalue weighted by atomic mass is 9.79. The lowest BCUT2D eigenvalue weighted by Gasteiger charge is -2.47. The lowest BCUT2D eigenvalue weighted by molar-refractivity contribution is -0.137. The molecule has 0 spiro atoms. The van der Waals surface area contributed by atoms with Gasteiger partial charge >= 0.3 is 6.18 Å². The number of benzene rings is 1. The zero-order chi connectivity index (χ0) is 23.6. The van der Waals surface area contributed by atoms with Crippen molar-refractivity contribution in [2.75, 3.05) is 25.0 Å². The van der Waals surface area contributed by atoms with E-state index in [4.69, 9.17) is 5.73 Å². The Kier molecular flexibility index (Phi) is 7.04. The van der Waals surface area contributed by atoms with Crippen molar-refractivity contribution in [3.63, 3.8) is 0 Å². The third-order valence-electron chi connectivity index (χ3n) is 6.99. The van der Waals surface area contributed by atoms with Crippen LogP contribution in [-0.2, 0) is 11.0 Å². The molecule has 0 bridgehead atoms. The SMILES string of the molecule is CC[C@H](N)[C@H]1CC[C@H](N2CC(NC(=O)CNc3ncnc4ccc(C(F)(F)F)cc34)C2)CC1. The number of rotatable bonds is 7. The number of halogens is 3. The summed E-state index contributed by atoms with van der Waals surface area (Å²) < 4.78 is 39.2. The minimum atomic E-state index is -4.46. The van der Waals surface area contributed by atoms with Gasteiger partial charge in [-0.2, -0.15) is 13.2 Å². The standard InChI is InChI=1S/C23H31F3N6O/c1-2-19(27)14-3-6-17(7-4-14)32-11-16(12-32)31-21(33)10-28-22-18-9-15(23(24,25)26)5-8-20(18)29-13-30-22/h5,8-9,13-14,16-17,19H,2-4,6-7,10-12,27H2,1H3,(H,31,33)(H,28,29,30)/t14-,17-,19-/m0/s1. The average Bonchev–Trinajstić information content (AvgIpc) is 2.78. The van der Waals surface area contributed by atoms with Crippen molar-refractivity contribution in [3.05, 3.63) is 30.1 Å². The number of nitrogens with zero attached hydrogens (tertiary/aromatic N) is 3. The van der Waals surface area contributed by atoms with Crippen LogP contribution >= 0.6 is 0 Å². The Bertz CT molecular complexity index is 970. The summed E-state index contributed by atoms with van der Waals surface area (Å²) in [4.78, 5) is 22.8. The second kappa shape index (κ2) is 9.80. The van der Waals surface area contributed by atoms with Crippen LogP contribution in [0.25, 0.3) is 10.9 Å². The first-order valence-corrected chi connectivity index (χ1v) is 11.6. The second-order valence-corrected chi connectivity index (χ2v) is 9.16. The van der Waals surface area contributed by atoms with Gasteiger partial charge in [0.2, 0.25) is 5.91 Å². The van der Waals surface area contributed by atoms with Gasteiger partial charge in [0.15, 0.2) is 0 Å². The van der Waals surface area contributed by atoms with E-state index in [1.807, 2.05) is 0 Å². The van der Waals surface area contributed by atoms with E-state index in [2.05, 4.69) is 32.4 Å². The molecule has 2 heterocycles. The summed E-state index contributed by atoms with van der Waals surface area (Å²) in [6, 6.07) is 4.24. The number of carbonyl (C=O) groups excluding carboxylic acids is 1. The third kappa shape index (κ3) is 5.55. The molecule has 2 aromatic rings. The van der Waals surface area contributed by atoms with Gasteiger partial charge in [-0.05, 0) is 56.2 Å². The molecule has 1 saturated carbocycles. The van der Waals surface area contributed by atoms with Crippen molar-refractivity contribution >= 4 is 22.6 Å². The van der Waals surface area contributed by atoms with Crippen LogP contribution in [0.3, 0.4) is 0 Å². The Morgan fingerprint density at radius 2 is 1.94 bits per heavy atom. The molecular formula is C23H31F3N6O. The summed E-state index contributed by atoms with van der Waals surface area (Å²) in [6.45, 7) is 3.72. The first kappa shape index (κ1) is 23.7. The second-order valence-electron chi connectivity index (χ2n) is 9.16. The average molecular weight is 465 g/mol. The highest BCUT2D eigenvalue weighted by atomic mass is 19.4. The van der Waals surface area contributed by atoms with Gasteiger partial charge in [-0.15, -0.1) is 0 Å². The minimum Gasteiger partial charge on any atom is -0.360 e. The van der Waals surface area contributed by atoms with Gasteiger partial charge < -0.3 is 16.4 Å². The fourth-order valence-electron chi connectivity index (χ4n) is 4.95. The van der Waals surface area contributed by atoms with Crippen molar-refractivity contribution in [3.8, 4) is 0 Å². The molecule has 1 aliphatic carbocycles. The molecular weight excluding hydrogens is 433 g/mol. The van der Waals surface area contributed by atoms with Crippen molar-refractivity contribution in [1.82, 2.24) is 20.2 Å². The Morgan fingerprint density at radius 1 is 1.21 bits per heavy atom. The number of amides is 1.